The Hall–Kier alpha value is -5.91. The van der Waals surface area contributed by atoms with E-state index in [1.54, 1.807) is 17.6 Å². The van der Waals surface area contributed by atoms with Crippen molar-refractivity contribution in [2.45, 2.75) is 102 Å². The van der Waals surface area contributed by atoms with E-state index in [0.717, 1.165) is 45.0 Å². The average molecular weight is 1490 g/mol. The molecule has 418 valence electrons. The number of fused-ring (bicyclic) bond motifs is 6. The van der Waals surface area contributed by atoms with Gasteiger partial charge in [-0.25, -0.2) is 0 Å². The van der Waals surface area contributed by atoms with Crippen molar-refractivity contribution in [3.63, 3.8) is 0 Å². The van der Waals surface area contributed by atoms with E-state index in [9.17, 15) is 0 Å². The Morgan fingerprint density at radius 3 is 1.41 bits per heavy atom. The predicted molar refractivity (Wildman–Crippen MR) is 348 cm³/mol. The molecule has 0 unspecified atom stereocenters. The molecule has 2 aliphatic rings. The number of hydrogen-bond acceptors (Lipinski definition) is 6. The smallest absolute Gasteiger partial charge is 0.0783 e. The second-order valence-electron chi connectivity index (χ2n) is 23.2. The fourth-order valence-corrected chi connectivity index (χ4v) is 17.2. The Morgan fingerprint density at radius 1 is 0.402 bits per heavy atom. The van der Waals surface area contributed by atoms with Crippen LogP contribution in [0.3, 0.4) is 0 Å². The second-order valence-corrected chi connectivity index (χ2v) is 35.3. The standard InChI is InChI=1S/2C25H26NSSi.2C11H8N.2Ir/c1-28(2,3)23-13-7-12-22-24(23)20-11-6-10-19(25(20)27-22)21-15-14-18(16-26-21)17-8-4-5-9-17;1-28(2,3)23-15-13-19(25-24(23)20-10-6-7-11-22(20)27-25)21-14-12-18(16-26-21)17-8-4-5-9-17;2*1-2-6-10(7-3-1)11-8-4-5-9-12-11;;/h6-7,11-17H,4-5,8-9H2,1-3H3;6-7,10-12,14-17H,4-5,8-9H2,1-3H3;2*1-6,8-9H;;/q4*-1;;. The van der Waals surface area contributed by atoms with Gasteiger partial charge in [-0.2, -0.15) is 22.7 Å². The number of hydrogen-bond donors (Lipinski definition) is 0. The third-order valence-electron chi connectivity index (χ3n) is 15.6. The van der Waals surface area contributed by atoms with Crippen LogP contribution in [0.1, 0.15) is 74.3 Å². The quantitative estimate of drug-likeness (QED) is 0.112. The van der Waals surface area contributed by atoms with Crippen molar-refractivity contribution < 1.29 is 40.2 Å². The minimum Gasteiger partial charge on any atom is -0.305 e. The molecule has 14 rings (SSSR count). The number of rotatable bonds is 8. The van der Waals surface area contributed by atoms with Gasteiger partial charge in [-0.3, -0.25) is 0 Å². The normalized spacial score (nSPS) is 13.5. The van der Waals surface area contributed by atoms with Crippen molar-refractivity contribution in [2.75, 3.05) is 0 Å². The summed E-state index contributed by atoms with van der Waals surface area (Å²) in [6, 6.07) is 72.0. The van der Waals surface area contributed by atoms with Crippen molar-refractivity contribution in [1.82, 2.24) is 19.9 Å². The molecule has 0 spiro atoms. The fourth-order valence-electron chi connectivity index (χ4n) is 11.4. The van der Waals surface area contributed by atoms with E-state index in [1.165, 1.54) is 108 Å². The van der Waals surface area contributed by atoms with Gasteiger partial charge in [0, 0.05) is 82.5 Å². The van der Waals surface area contributed by atoms with Crippen molar-refractivity contribution >= 4 is 89.5 Å². The molecule has 0 bridgehead atoms. The van der Waals surface area contributed by atoms with Gasteiger partial charge in [0.15, 0.2) is 0 Å². The number of benzene rings is 6. The molecule has 0 N–H and O–H groups in total. The Balaban J connectivity index is 0.000000140. The van der Waals surface area contributed by atoms with Gasteiger partial charge >= 0.3 is 0 Å². The van der Waals surface area contributed by atoms with Gasteiger partial charge < -0.3 is 19.9 Å². The van der Waals surface area contributed by atoms with Crippen LogP contribution in [0, 0.1) is 24.3 Å². The number of thiophene rings is 2. The van der Waals surface area contributed by atoms with Gasteiger partial charge in [0.2, 0.25) is 0 Å². The molecule has 2 aliphatic carbocycles. The molecular weight excluding hydrogens is 1430 g/mol. The zero-order valence-electron chi connectivity index (χ0n) is 47.6. The molecule has 0 saturated heterocycles. The van der Waals surface area contributed by atoms with Gasteiger partial charge in [-0.1, -0.05) is 160 Å². The summed E-state index contributed by atoms with van der Waals surface area (Å²) in [6.45, 7) is 14.6. The van der Waals surface area contributed by atoms with Crippen molar-refractivity contribution in [3.05, 3.63) is 230 Å². The van der Waals surface area contributed by atoms with E-state index in [2.05, 4.69) is 171 Å². The maximum Gasteiger partial charge on any atom is 0.0783 e. The average Bonchev–Trinajstić information content (AvgIpc) is 3.86. The number of pyridine rings is 4. The molecule has 12 aromatic rings. The van der Waals surface area contributed by atoms with Crippen molar-refractivity contribution in [1.29, 1.82) is 0 Å². The number of aromatic nitrogens is 4. The molecule has 6 aromatic carbocycles. The summed E-state index contributed by atoms with van der Waals surface area (Å²) < 4.78 is 5.42. The van der Waals surface area contributed by atoms with Crippen LogP contribution in [-0.2, 0) is 40.2 Å². The summed E-state index contributed by atoms with van der Waals surface area (Å²) in [5.41, 5.74) is 11.3. The number of nitrogens with zero attached hydrogens (tertiary/aromatic N) is 4. The zero-order valence-corrected chi connectivity index (χ0v) is 56.0. The Kier molecular flexibility index (Phi) is 20.5. The van der Waals surface area contributed by atoms with Gasteiger partial charge in [0.05, 0.1) is 8.07 Å². The monoisotopic (exact) mass is 1490 g/mol. The summed E-state index contributed by atoms with van der Waals surface area (Å²) in [6.07, 6.45) is 18.5. The molecule has 2 saturated carbocycles. The van der Waals surface area contributed by atoms with Crippen LogP contribution >= 0.6 is 22.7 Å². The van der Waals surface area contributed by atoms with Gasteiger partial charge in [-0.05, 0) is 116 Å². The van der Waals surface area contributed by atoms with Crippen molar-refractivity contribution in [2.24, 2.45) is 0 Å². The molecule has 82 heavy (non-hydrogen) atoms. The Morgan fingerprint density at radius 2 is 0.915 bits per heavy atom. The van der Waals surface area contributed by atoms with Gasteiger partial charge in [-0.15, -0.1) is 118 Å². The SMILES string of the molecule is C[Si](C)(C)c1c[c-]c(-c2ccc(C3CCCC3)cn2)c2sc3ccccc3c12.C[Si](C)(C)c1cccc2sc3c(-c4ccc(C5CCCC5)cn4)[c-]ccc3c12.[Ir].[Ir].[c-]1ccccc1-c1ccccn1.[c-]1ccccc1-c1ccccn1. The van der Waals surface area contributed by atoms with Crippen LogP contribution in [-0.4, -0.2) is 36.1 Å². The summed E-state index contributed by atoms with van der Waals surface area (Å²) in [5.74, 6) is 1.43. The molecule has 0 aliphatic heterocycles. The first-order valence-corrected chi connectivity index (χ1v) is 37.0. The maximum atomic E-state index is 4.89. The zero-order chi connectivity index (χ0) is 55.1. The second kappa shape index (κ2) is 27.7. The third-order valence-corrected chi connectivity index (χ3v) is 22.0. The summed E-state index contributed by atoms with van der Waals surface area (Å²) in [7, 11) is -2.89. The van der Waals surface area contributed by atoms with Crippen LogP contribution in [0.15, 0.2) is 195 Å². The van der Waals surface area contributed by atoms with E-state index in [0.29, 0.717) is 11.8 Å². The molecule has 2 fully saturated rings. The maximum absolute atomic E-state index is 4.89. The topological polar surface area (TPSA) is 51.6 Å². The Bertz CT molecular complexity index is 3810. The fraction of sp³-hybridized carbons (Fsp3) is 0.222. The van der Waals surface area contributed by atoms with E-state index in [4.69, 9.17) is 9.97 Å². The van der Waals surface area contributed by atoms with Crippen LogP contribution < -0.4 is 10.4 Å². The molecule has 4 nitrogen and oxygen atoms in total. The molecule has 2 radical (unpaired) electrons. The van der Waals surface area contributed by atoms with Crippen LogP contribution in [0.4, 0.5) is 0 Å². The van der Waals surface area contributed by atoms with Crippen LogP contribution in [0.2, 0.25) is 39.3 Å². The summed E-state index contributed by atoms with van der Waals surface area (Å²) >= 11 is 3.79. The molecule has 6 heterocycles. The van der Waals surface area contributed by atoms with Crippen LogP contribution in [0.5, 0.6) is 0 Å². The predicted octanol–water partition coefficient (Wildman–Crippen LogP) is 19.3. The molecular formula is C72H68Ir2N4S2Si2-4. The first-order chi connectivity index (χ1) is 39.0. The molecule has 10 heteroatoms. The first-order valence-electron chi connectivity index (χ1n) is 28.4. The first kappa shape index (κ1) is 60.7. The largest absolute Gasteiger partial charge is 0.305 e. The minimum absolute atomic E-state index is 0. The van der Waals surface area contributed by atoms with Gasteiger partial charge in [0.25, 0.3) is 0 Å². The molecule has 0 amide bonds. The van der Waals surface area contributed by atoms with E-state index in [-0.39, 0.29) is 40.2 Å². The van der Waals surface area contributed by atoms with E-state index in [1.807, 2.05) is 108 Å². The Labute approximate surface area is 522 Å². The summed E-state index contributed by atoms with van der Waals surface area (Å²) in [4.78, 5) is 18.2. The molecule has 0 atom stereocenters. The van der Waals surface area contributed by atoms with Crippen molar-refractivity contribution in [3.8, 4) is 45.0 Å². The third kappa shape index (κ3) is 14.0. The minimum atomic E-state index is -1.47. The van der Waals surface area contributed by atoms with Crippen LogP contribution in [0.25, 0.3) is 85.4 Å². The summed E-state index contributed by atoms with van der Waals surface area (Å²) in [5, 5.41) is 8.71. The molecule has 6 aromatic heterocycles. The van der Waals surface area contributed by atoms with E-state index < -0.39 is 16.1 Å². The van der Waals surface area contributed by atoms with Gasteiger partial charge in [0.1, 0.15) is 0 Å². The van der Waals surface area contributed by atoms with E-state index >= 15 is 0 Å².